The molecule has 0 aromatic carbocycles. The van der Waals surface area contributed by atoms with Crippen molar-refractivity contribution in [3.8, 4) is 0 Å². The largest absolute Gasteiger partial charge is 0.356 e. The van der Waals surface area contributed by atoms with E-state index in [9.17, 15) is 0 Å². The summed E-state index contributed by atoms with van der Waals surface area (Å²) in [5.41, 5.74) is 1.59. The van der Waals surface area contributed by atoms with Crippen LogP contribution in [0.25, 0.3) is 0 Å². The number of halogens is 1. The first kappa shape index (κ1) is 23.3. The summed E-state index contributed by atoms with van der Waals surface area (Å²) < 4.78 is 1.99. The van der Waals surface area contributed by atoms with E-state index in [-0.39, 0.29) is 24.0 Å². The van der Waals surface area contributed by atoms with Crippen molar-refractivity contribution in [1.29, 1.82) is 0 Å². The van der Waals surface area contributed by atoms with Gasteiger partial charge in [-0.2, -0.15) is 11.8 Å². The van der Waals surface area contributed by atoms with Crippen molar-refractivity contribution in [2.75, 3.05) is 25.1 Å². The topological polar surface area (TPSA) is 67.1 Å². The zero-order valence-corrected chi connectivity index (χ0v) is 19.4. The Hall–Kier alpha value is -0.770. The zero-order valence-electron chi connectivity index (χ0n) is 16.3. The second kappa shape index (κ2) is 13.4. The average molecular weight is 492 g/mol. The highest BCUT2D eigenvalue weighted by molar-refractivity contribution is 14.0. The molecule has 2 rings (SSSR count). The maximum absolute atomic E-state index is 4.69. The van der Waals surface area contributed by atoms with Crippen LogP contribution < -0.4 is 10.6 Å². The molecule has 1 aliphatic rings. The molecule has 2 N–H and O–H groups in total. The van der Waals surface area contributed by atoms with Crippen molar-refractivity contribution in [2.45, 2.75) is 52.0 Å². The number of hydrogen-bond donors (Lipinski definition) is 2. The van der Waals surface area contributed by atoms with Crippen molar-refractivity contribution in [2.24, 2.45) is 12.0 Å². The Balaban J connectivity index is 0.00000338. The van der Waals surface area contributed by atoms with Crippen molar-refractivity contribution < 1.29 is 0 Å². The maximum atomic E-state index is 4.69. The van der Waals surface area contributed by atoms with Crippen LogP contribution in [0.2, 0.25) is 0 Å². The molecular weight excluding hydrogens is 459 g/mol. The minimum absolute atomic E-state index is 0. The van der Waals surface area contributed by atoms with E-state index in [1.54, 1.807) is 5.57 Å². The molecule has 0 aliphatic heterocycles. The van der Waals surface area contributed by atoms with Gasteiger partial charge in [0.25, 0.3) is 0 Å². The average Bonchev–Trinajstić information content (AvgIpc) is 2.95. The number of aliphatic imine (C=N–C) groups is 1. The van der Waals surface area contributed by atoms with Crippen LogP contribution >= 0.6 is 35.7 Å². The van der Waals surface area contributed by atoms with Gasteiger partial charge in [-0.05, 0) is 57.5 Å². The van der Waals surface area contributed by atoms with Gasteiger partial charge in [0, 0.05) is 20.1 Å². The van der Waals surface area contributed by atoms with E-state index in [4.69, 9.17) is 4.99 Å². The fourth-order valence-electron chi connectivity index (χ4n) is 2.81. The highest BCUT2D eigenvalue weighted by Gasteiger charge is 2.06. The highest BCUT2D eigenvalue weighted by atomic mass is 127. The lowest BCUT2D eigenvalue weighted by Gasteiger charge is -2.15. The van der Waals surface area contributed by atoms with Crippen LogP contribution in [0.4, 0.5) is 0 Å². The summed E-state index contributed by atoms with van der Waals surface area (Å²) in [6, 6.07) is 0. The van der Waals surface area contributed by atoms with Crippen LogP contribution in [0, 0.1) is 6.92 Å². The number of hydrogen-bond acceptors (Lipinski definition) is 4. The molecule has 1 aliphatic carbocycles. The summed E-state index contributed by atoms with van der Waals surface area (Å²) in [5, 5.41) is 15.2. The lowest BCUT2D eigenvalue weighted by atomic mass is 9.97. The molecule has 148 valence electrons. The summed E-state index contributed by atoms with van der Waals surface area (Å²) in [5.74, 6) is 3.84. The Morgan fingerprint density at radius 2 is 2.08 bits per heavy atom. The zero-order chi connectivity index (χ0) is 17.9. The normalized spacial score (nSPS) is 14.6. The SMILES string of the molecule is CSCCCNC(=NCc1nnc(C)n1C)NCCC1=CCCCC1.I. The minimum atomic E-state index is 0. The summed E-state index contributed by atoms with van der Waals surface area (Å²) in [4.78, 5) is 4.69. The first-order chi connectivity index (χ1) is 12.2. The molecule has 1 aromatic rings. The standard InChI is InChI=1S/C18H32N6S.HI/c1-15-22-23-17(24(15)2)14-21-18(19-11-7-13-25-3)20-12-10-16-8-5-4-6-9-16;/h8H,4-7,9-14H2,1-3H3,(H2,19,20,21);1H. The molecule has 0 saturated carbocycles. The molecule has 1 heterocycles. The Morgan fingerprint density at radius 3 is 2.73 bits per heavy atom. The highest BCUT2D eigenvalue weighted by Crippen LogP contribution is 2.19. The number of rotatable bonds is 9. The quantitative estimate of drug-likeness (QED) is 0.182. The second-order valence-electron chi connectivity index (χ2n) is 6.45. The van der Waals surface area contributed by atoms with Gasteiger partial charge in [-0.1, -0.05) is 11.6 Å². The summed E-state index contributed by atoms with van der Waals surface area (Å²) in [6.45, 7) is 4.36. The third kappa shape index (κ3) is 8.28. The van der Waals surface area contributed by atoms with Crippen LogP contribution in [0.15, 0.2) is 16.6 Å². The van der Waals surface area contributed by atoms with E-state index >= 15 is 0 Å². The summed E-state index contributed by atoms with van der Waals surface area (Å²) in [6.07, 6.45) is 12.0. The number of guanidine groups is 1. The molecule has 0 bridgehead atoms. The van der Waals surface area contributed by atoms with E-state index in [2.05, 4.69) is 33.2 Å². The third-order valence-corrected chi connectivity index (χ3v) is 5.20. The molecule has 8 heteroatoms. The Labute approximate surface area is 179 Å². The van der Waals surface area contributed by atoms with Gasteiger partial charge >= 0.3 is 0 Å². The summed E-state index contributed by atoms with van der Waals surface area (Å²) >= 11 is 1.88. The molecular formula is C18H33IN6S. The lowest BCUT2D eigenvalue weighted by Crippen LogP contribution is -2.38. The Morgan fingerprint density at radius 1 is 1.27 bits per heavy atom. The molecule has 0 atom stereocenters. The van der Waals surface area contributed by atoms with Gasteiger partial charge in [0.2, 0.25) is 0 Å². The van der Waals surface area contributed by atoms with E-state index in [1.807, 2.05) is 30.3 Å². The Bertz CT molecular complexity index is 584. The number of aryl methyl sites for hydroxylation is 1. The molecule has 0 radical (unpaired) electrons. The number of nitrogens with zero attached hydrogens (tertiary/aromatic N) is 4. The maximum Gasteiger partial charge on any atom is 0.191 e. The van der Waals surface area contributed by atoms with Crippen LogP contribution in [-0.2, 0) is 13.6 Å². The van der Waals surface area contributed by atoms with Crippen LogP contribution in [0.5, 0.6) is 0 Å². The van der Waals surface area contributed by atoms with E-state index < -0.39 is 0 Å². The minimum Gasteiger partial charge on any atom is -0.356 e. The van der Waals surface area contributed by atoms with Gasteiger partial charge in [-0.25, -0.2) is 4.99 Å². The number of aromatic nitrogens is 3. The molecule has 0 saturated heterocycles. The first-order valence-corrected chi connectivity index (χ1v) is 10.6. The third-order valence-electron chi connectivity index (χ3n) is 4.50. The molecule has 1 aromatic heterocycles. The van der Waals surface area contributed by atoms with Crippen LogP contribution in [-0.4, -0.2) is 45.8 Å². The molecule has 0 unspecified atom stereocenters. The van der Waals surface area contributed by atoms with Crippen molar-refractivity contribution in [1.82, 2.24) is 25.4 Å². The van der Waals surface area contributed by atoms with Gasteiger partial charge in [0.05, 0.1) is 0 Å². The van der Waals surface area contributed by atoms with Crippen molar-refractivity contribution in [3.63, 3.8) is 0 Å². The van der Waals surface area contributed by atoms with E-state index in [0.717, 1.165) is 49.3 Å². The van der Waals surface area contributed by atoms with Gasteiger partial charge in [-0.3, -0.25) is 0 Å². The van der Waals surface area contributed by atoms with Gasteiger partial charge < -0.3 is 15.2 Å². The first-order valence-electron chi connectivity index (χ1n) is 9.24. The van der Waals surface area contributed by atoms with Crippen molar-refractivity contribution in [3.05, 3.63) is 23.3 Å². The monoisotopic (exact) mass is 492 g/mol. The molecule has 6 nitrogen and oxygen atoms in total. The number of thioether (sulfide) groups is 1. The fourth-order valence-corrected chi connectivity index (χ4v) is 3.24. The van der Waals surface area contributed by atoms with Crippen LogP contribution in [0.1, 0.15) is 50.2 Å². The van der Waals surface area contributed by atoms with Gasteiger partial charge in [0.1, 0.15) is 12.4 Å². The fraction of sp³-hybridized carbons (Fsp3) is 0.722. The predicted octanol–water partition coefficient (Wildman–Crippen LogP) is 3.42. The smallest absolute Gasteiger partial charge is 0.191 e. The Kier molecular flexibility index (Phi) is 12.0. The molecule has 0 amide bonds. The molecule has 26 heavy (non-hydrogen) atoms. The lowest BCUT2D eigenvalue weighted by molar-refractivity contribution is 0.663. The van der Waals surface area contributed by atoms with E-state index in [1.165, 1.54) is 25.7 Å². The van der Waals surface area contributed by atoms with Gasteiger partial charge in [0.15, 0.2) is 11.8 Å². The van der Waals surface area contributed by atoms with Crippen LogP contribution in [0.3, 0.4) is 0 Å². The number of allylic oxidation sites excluding steroid dienone is 1. The second-order valence-corrected chi connectivity index (χ2v) is 7.43. The van der Waals surface area contributed by atoms with E-state index in [0.29, 0.717) is 6.54 Å². The summed E-state index contributed by atoms with van der Waals surface area (Å²) in [7, 11) is 1.98. The molecule has 0 fully saturated rings. The molecule has 0 spiro atoms. The van der Waals surface area contributed by atoms with Gasteiger partial charge in [-0.15, -0.1) is 34.2 Å². The number of nitrogens with one attached hydrogen (secondary N) is 2. The predicted molar refractivity (Wildman–Crippen MR) is 122 cm³/mol. The van der Waals surface area contributed by atoms with Crippen molar-refractivity contribution >= 4 is 41.7 Å².